The second kappa shape index (κ2) is 4.78. The fraction of sp³-hybridized carbons (Fsp3) is 0.167. The minimum Gasteiger partial charge on any atom is -0.475 e. The maximum Gasteiger partial charge on any atom is 0.374 e. The number of benzene rings is 1. The maximum atomic E-state index is 12.2. The lowest BCUT2D eigenvalue weighted by Crippen LogP contribution is -1.91. The van der Waals surface area contributed by atoms with E-state index in [1.807, 2.05) is 0 Å². The second-order valence-corrected chi connectivity index (χ2v) is 3.52. The van der Waals surface area contributed by atoms with Crippen LogP contribution in [0.25, 0.3) is 11.3 Å². The first-order valence-electron chi connectivity index (χ1n) is 5.06. The number of hydrogen-bond acceptors (Lipinski definition) is 3. The van der Waals surface area contributed by atoms with E-state index in [0.717, 1.165) is 5.56 Å². The minimum absolute atomic E-state index is 0.212. The zero-order valence-corrected chi connectivity index (χ0v) is 8.89. The summed E-state index contributed by atoms with van der Waals surface area (Å²) in [5.74, 6) is -1.38. The average molecular weight is 235 g/mol. The summed E-state index contributed by atoms with van der Waals surface area (Å²) in [5, 5.41) is 12.4. The molecule has 0 aliphatic carbocycles. The number of halogens is 1. The number of rotatable bonds is 4. The van der Waals surface area contributed by atoms with Crippen molar-refractivity contribution in [3.63, 3.8) is 0 Å². The molecule has 88 valence electrons. The van der Waals surface area contributed by atoms with E-state index in [1.54, 1.807) is 24.3 Å². The fourth-order valence-electron chi connectivity index (χ4n) is 1.51. The van der Waals surface area contributed by atoms with Gasteiger partial charge >= 0.3 is 5.97 Å². The van der Waals surface area contributed by atoms with Gasteiger partial charge in [-0.05, 0) is 11.6 Å². The fourth-order valence-corrected chi connectivity index (χ4v) is 1.51. The quantitative estimate of drug-likeness (QED) is 0.884. The van der Waals surface area contributed by atoms with Gasteiger partial charge in [0.05, 0.1) is 6.67 Å². The normalized spacial score (nSPS) is 10.4. The van der Waals surface area contributed by atoms with Crippen molar-refractivity contribution >= 4 is 5.97 Å². The molecule has 2 rings (SSSR count). The summed E-state index contributed by atoms with van der Waals surface area (Å²) in [7, 11) is 0. The van der Waals surface area contributed by atoms with Gasteiger partial charge in [-0.1, -0.05) is 23.4 Å². The summed E-state index contributed by atoms with van der Waals surface area (Å²) < 4.78 is 16.9. The smallest absolute Gasteiger partial charge is 0.374 e. The predicted octanol–water partition coefficient (Wildman–Crippen LogP) is 2.55. The van der Waals surface area contributed by atoms with Gasteiger partial charge in [-0.2, -0.15) is 0 Å². The maximum absolute atomic E-state index is 12.2. The van der Waals surface area contributed by atoms with Crippen LogP contribution in [0.2, 0.25) is 0 Å². The van der Waals surface area contributed by atoms with E-state index in [0.29, 0.717) is 17.7 Å². The molecule has 0 atom stereocenters. The number of carboxylic acids is 1. The van der Waals surface area contributed by atoms with Crippen molar-refractivity contribution in [3.8, 4) is 11.3 Å². The molecule has 0 unspecified atom stereocenters. The van der Waals surface area contributed by atoms with Crippen LogP contribution in [0.4, 0.5) is 4.39 Å². The third kappa shape index (κ3) is 2.50. The van der Waals surface area contributed by atoms with Crippen LogP contribution < -0.4 is 0 Å². The number of aryl methyl sites for hydroxylation is 1. The van der Waals surface area contributed by atoms with Gasteiger partial charge in [-0.15, -0.1) is 0 Å². The van der Waals surface area contributed by atoms with Crippen LogP contribution in [-0.2, 0) is 6.42 Å². The Bertz CT molecular complexity index is 536. The molecule has 0 saturated carbocycles. The summed E-state index contributed by atoms with van der Waals surface area (Å²) in [6.07, 6.45) is 0.331. The summed E-state index contributed by atoms with van der Waals surface area (Å²) >= 11 is 0. The van der Waals surface area contributed by atoms with E-state index in [4.69, 9.17) is 5.11 Å². The Kier molecular flexibility index (Phi) is 3.18. The Morgan fingerprint density at radius 2 is 2.24 bits per heavy atom. The summed E-state index contributed by atoms with van der Waals surface area (Å²) in [4.78, 5) is 10.6. The molecule has 5 heteroatoms. The molecule has 0 radical (unpaired) electrons. The van der Waals surface area contributed by atoms with Gasteiger partial charge < -0.3 is 9.63 Å². The van der Waals surface area contributed by atoms with Gasteiger partial charge in [-0.3, -0.25) is 4.39 Å². The standard InChI is InChI=1S/C12H10FNO3/c13-5-4-8-2-1-3-9(6-8)10-7-11(12(15)16)17-14-10/h1-3,6-7H,4-5H2,(H,15,16). The molecule has 1 heterocycles. The molecule has 0 saturated heterocycles. The van der Waals surface area contributed by atoms with Crippen LogP contribution in [0, 0.1) is 0 Å². The van der Waals surface area contributed by atoms with Gasteiger partial charge in [0.15, 0.2) is 0 Å². The third-order valence-corrected chi connectivity index (χ3v) is 2.33. The highest BCUT2D eigenvalue weighted by atomic mass is 19.1. The van der Waals surface area contributed by atoms with Crippen LogP contribution >= 0.6 is 0 Å². The number of carbonyl (C=O) groups is 1. The van der Waals surface area contributed by atoms with Crippen molar-refractivity contribution in [1.82, 2.24) is 5.16 Å². The zero-order chi connectivity index (χ0) is 12.3. The lowest BCUT2D eigenvalue weighted by Gasteiger charge is -1.99. The Morgan fingerprint density at radius 3 is 2.88 bits per heavy atom. The monoisotopic (exact) mass is 235 g/mol. The van der Waals surface area contributed by atoms with Crippen molar-refractivity contribution in [2.45, 2.75) is 6.42 Å². The summed E-state index contributed by atoms with van der Waals surface area (Å²) in [6.45, 7) is -0.428. The molecule has 1 N–H and O–H groups in total. The molecule has 0 spiro atoms. The van der Waals surface area contributed by atoms with Crippen molar-refractivity contribution < 1.29 is 18.8 Å². The van der Waals surface area contributed by atoms with Crippen LogP contribution in [0.15, 0.2) is 34.9 Å². The number of carboxylic acid groups (broad SMARTS) is 1. The number of aromatic carboxylic acids is 1. The van der Waals surface area contributed by atoms with Gasteiger partial charge in [0.1, 0.15) is 5.69 Å². The molecule has 2 aromatic rings. The molecule has 0 fully saturated rings. The molecule has 1 aromatic carbocycles. The number of nitrogens with zero attached hydrogens (tertiary/aromatic N) is 1. The van der Waals surface area contributed by atoms with Crippen molar-refractivity contribution in [2.24, 2.45) is 0 Å². The Hall–Kier alpha value is -2.17. The lowest BCUT2D eigenvalue weighted by atomic mass is 10.1. The van der Waals surface area contributed by atoms with Crippen LogP contribution in [0.5, 0.6) is 0 Å². The predicted molar refractivity (Wildman–Crippen MR) is 58.6 cm³/mol. The first-order valence-corrected chi connectivity index (χ1v) is 5.06. The topological polar surface area (TPSA) is 63.3 Å². The molecule has 0 aliphatic rings. The highest BCUT2D eigenvalue weighted by Gasteiger charge is 2.12. The molecule has 0 amide bonds. The van der Waals surface area contributed by atoms with E-state index in [-0.39, 0.29) is 5.76 Å². The Labute approximate surface area is 96.7 Å². The zero-order valence-electron chi connectivity index (χ0n) is 8.89. The molecule has 0 aliphatic heterocycles. The first kappa shape index (κ1) is 11.3. The van der Waals surface area contributed by atoms with Gasteiger partial charge in [0.25, 0.3) is 0 Å². The molecule has 4 nitrogen and oxygen atoms in total. The molecule has 1 aromatic heterocycles. The molecular weight excluding hydrogens is 225 g/mol. The highest BCUT2D eigenvalue weighted by Crippen LogP contribution is 2.20. The number of aromatic nitrogens is 1. The third-order valence-electron chi connectivity index (χ3n) is 2.33. The average Bonchev–Trinajstić information content (AvgIpc) is 2.79. The van der Waals surface area contributed by atoms with E-state index < -0.39 is 12.6 Å². The highest BCUT2D eigenvalue weighted by molar-refractivity contribution is 5.85. The van der Waals surface area contributed by atoms with E-state index in [2.05, 4.69) is 9.68 Å². The van der Waals surface area contributed by atoms with Crippen LogP contribution in [0.1, 0.15) is 16.1 Å². The van der Waals surface area contributed by atoms with Gasteiger partial charge in [-0.25, -0.2) is 4.79 Å². The Morgan fingerprint density at radius 1 is 1.41 bits per heavy atom. The molecule has 0 bridgehead atoms. The van der Waals surface area contributed by atoms with Crippen molar-refractivity contribution in [1.29, 1.82) is 0 Å². The SMILES string of the molecule is O=C(O)c1cc(-c2cccc(CCF)c2)no1. The van der Waals surface area contributed by atoms with Gasteiger partial charge in [0, 0.05) is 18.1 Å². The van der Waals surface area contributed by atoms with Crippen molar-refractivity contribution in [2.75, 3.05) is 6.67 Å². The number of hydrogen-bond donors (Lipinski definition) is 1. The molecular formula is C12H10FNO3. The second-order valence-electron chi connectivity index (χ2n) is 3.52. The lowest BCUT2D eigenvalue weighted by molar-refractivity contribution is 0.0652. The first-order chi connectivity index (χ1) is 8.20. The summed E-state index contributed by atoms with van der Waals surface area (Å²) in [5.41, 5.74) is 1.99. The Balaban J connectivity index is 2.31. The van der Waals surface area contributed by atoms with Crippen LogP contribution in [0.3, 0.4) is 0 Å². The minimum atomic E-state index is -1.16. The number of alkyl halides is 1. The summed E-state index contributed by atoms with van der Waals surface area (Å²) in [6, 6.07) is 8.46. The van der Waals surface area contributed by atoms with Crippen LogP contribution in [-0.4, -0.2) is 22.9 Å². The van der Waals surface area contributed by atoms with E-state index >= 15 is 0 Å². The van der Waals surface area contributed by atoms with Gasteiger partial charge in [0.2, 0.25) is 5.76 Å². The van der Waals surface area contributed by atoms with Crippen molar-refractivity contribution in [3.05, 3.63) is 41.7 Å². The van der Waals surface area contributed by atoms with E-state index in [9.17, 15) is 9.18 Å². The molecule has 17 heavy (non-hydrogen) atoms. The van der Waals surface area contributed by atoms with E-state index in [1.165, 1.54) is 6.07 Å². The largest absolute Gasteiger partial charge is 0.475 e.